The number of halogens is 3. The molecule has 1 spiro atoms. The molecule has 0 saturated carbocycles. The third-order valence-electron chi connectivity index (χ3n) is 6.12. The topological polar surface area (TPSA) is 30.5 Å². The van der Waals surface area contributed by atoms with Gasteiger partial charge in [-0.1, -0.05) is 43.3 Å². The standard InChI is InChI=1S/C23H26F3NO2/c1-2-16-9-10-19(29-23(24,25)26)13-20(16)18-14-22(28-15-18)11-6-12-27-21(22)17-7-4-3-5-8-17/h3-5,7-10,13,18,21,27H,2,6,11-12,14-15H2,1H3/t18-,21+,22-/m1/s1. The second kappa shape index (κ2) is 8.00. The van der Waals surface area contributed by atoms with Crippen molar-refractivity contribution in [3.8, 4) is 5.75 Å². The Morgan fingerprint density at radius 3 is 2.69 bits per heavy atom. The van der Waals surface area contributed by atoms with E-state index in [9.17, 15) is 13.2 Å². The number of alkyl halides is 3. The van der Waals surface area contributed by atoms with Crippen LogP contribution in [0, 0.1) is 0 Å². The summed E-state index contributed by atoms with van der Waals surface area (Å²) in [5, 5.41) is 3.61. The number of hydrogen-bond donors (Lipinski definition) is 1. The maximum Gasteiger partial charge on any atom is 0.573 e. The molecule has 4 rings (SSSR count). The highest BCUT2D eigenvalue weighted by molar-refractivity contribution is 5.39. The van der Waals surface area contributed by atoms with Gasteiger partial charge in [0, 0.05) is 5.92 Å². The lowest BCUT2D eigenvalue weighted by Crippen LogP contribution is -2.48. The fourth-order valence-electron chi connectivity index (χ4n) is 4.88. The minimum Gasteiger partial charge on any atom is -0.406 e. The summed E-state index contributed by atoms with van der Waals surface area (Å²) in [5.74, 6) is -0.111. The average Bonchev–Trinajstić information content (AvgIpc) is 3.12. The fourth-order valence-corrected chi connectivity index (χ4v) is 4.88. The van der Waals surface area contributed by atoms with Crippen molar-refractivity contribution in [3.63, 3.8) is 0 Å². The number of nitrogens with one attached hydrogen (secondary N) is 1. The molecular weight excluding hydrogens is 379 g/mol. The highest BCUT2D eigenvalue weighted by atomic mass is 19.4. The average molecular weight is 405 g/mol. The molecule has 2 saturated heterocycles. The van der Waals surface area contributed by atoms with Crippen LogP contribution in [0.3, 0.4) is 0 Å². The van der Waals surface area contributed by atoms with E-state index in [1.165, 1.54) is 11.6 Å². The van der Waals surface area contributed by atoms with E-state index in [2.05, 4.69) is 22.2 Å². The largest absolute Gasteiger partial charge is 0.573 e. The number of piperidine rings is 1. The fraction of sp³-hybridized carbons (Fsp3) is 0.478. The van der Waals surface area contributed by atoms with Gasteiger partial charge in [0.2, 0.25) is 0 Å². The van der Waals surface area contributed by atoms with E-state index in [4.69, 9.17) is 4.74 Å². The lowest BCUT2D eigenvalue weighted by molar-refractivity contribution is -0.274. The van der Waals surface area contributed by atoms with Crippen molar-refractivity contribution in [2.75, 3.05) is 13.2 Å². The van der Waals surface area contributed by atoms with E-state index in [1.54, 1.807) is 12.1 Å². The molecule has 2 aliphatic rings. The Bertz CT molecular complexity index is 840. The summed E-state index contributed by atoms with van der Waals surface area (Å²) in [5.41, 5.74) is 2.81. The maximum atomic E-state index is 12.7. The third-order valence-corrected chi connectivity index (χ3v) is 6.12. The Morgan fingerprint density at radius 1 is 1.17 bits per heavy atom. The van der Waals surface area contributed by atoms with Gasteiger partial charge in [-0.15, -0.1) is 13.2 Å². The second-order valence-corrected chi connectivity index (χ2v) is 7.94. The van der Waals surface area contributed by atoms with Crippen LogP contribution in [0.5, 0.6) is 5.75 Å². The second-order valence-electron chi connectivity index (χ2n) is 7.94. The molecule has 2 aliphatic heterocycles. The van der Waals surface area contributed by atoms with E-state index < -0.39 is 6.36 Å². The Morgan fingerprint density at radius 2 is 1.97 bits per heavy atom. The highest BCUT2D eigenvalue weighted by Gasteiger charge is 2.49. The molecule has 2 fully saturated rings. The van der Waals surface area contributed by atoms with Gasteiger partial charge in [-0.3, -0.25) is 0 Å². The monoisotopic (exact) mass is 405 g/mol. The normalized spacial score (nSPS) is 27.3. The van der Waals surface area contributed by atoms with Crippen LogP contribution in [0.25, 0.3) is 0 Å². The predicted octanol–water partition coefficient (Wildman–Crippen LogP) is 5.52. The molecule has 2 aromatic carbocycles. The van der Waals surface area contributed by atoms with Crippen molar-refractivity contribution >= 4 is 0 Å². The van der Waals surface area contributed by atoms with Crippen molar-refractivity contribution in [2.45, 2.75) is 56.5 Å². The van der Waals surface area contributed by atoms with Crippen LogP contribution < -0.4 is 10.1 Å². The molecule has 0 radical (unpaired) electrons. The lowest BCUT2D eigenvalue weighted by Gasteiger charge is -2.41. The van der Waals surface area contributed by atoms with Crippen molar-refractivity contribution < 1.29 is 22.6 Å². The quantitative estimate of drug-likeness (QED) is 0.727. The van der Waals surface area contributed by atoms with Crippen LogP contribution >= 0.6 is 0 Å². The smallest absolute Gasteiger partial charge is 0.406 e. The Labute approximate surface area is 169 Å². The zero-order valence-electron chi connectivity index (χ0n) is 16.5. The van der Waals surface area contributed by atoms with Gasteiger partial charge in [0.05, 0.1) is 18.2 Å². The Balaban J connectivity index is 1.62. The highest BCUT2D eigenvalue weighted by Crippen LogP contribution is 2.49. The molecule has 6 heteroatoms. The molecule has 156 valence electrons. The molecule has 0 unspecified atom stereocenters. The zero-order valence-corrected chi connectivity index (χ0v) is 16.5. The summed E-state index contributed by atoms with van der Waals surface area (Å²) in [6.07, 6.45) is -1.19. The van der Waals surface area contributed by atoms with Gasteiger partial charge in [0.1, 0.15) is 5.75 Å². The number of ether oxygens (including phenoxy) is 2. The van der Waals surface area contributed by atoms with Crippen LogP contribution in [0.2, 0.25) is 0 Å². The Kier molecular flexibility index (Phi) is 5.58. The molecule has 0 aliphatic carbocycles. The van der Waals surface area contributed by atoms with Gasteiger partial charge < -0.3 is 14.8 Å². The van der Waals surface area contributed by atoms with Crippen LogP contribution in [0.4, 0.5) is 13.2 Å². The van der Waals surface area contributed by atoms with Crippen LogP contribution in [-0.2, 0) is 11.2 Å². The van der Waals surface area contributed by atoms with Gasteiger partial charge in [0.25, 0.3) is 0 Å². The molecule has 1 N–H and O–H groups in total. The van der Waals surface area contributed by atoms with Gasteiger partial charge in [-0.05, 0) is 61.1 Å². The lowest BCUT2D eigenvalue weighted by atomic mass is 9.76. The van der Waals surface area contributed by atoms with E-state index in [-0.39, 0.29) is 23.3 Å². The number of aryl methyl sites for hydroxylation is 1. The summed E-state index contributed by atoms with van der Waals surface area (Å²) in [7, 11) is 0. The van der Waals surface area contributed by atoms with Gasteiger partial charge in [0.15, 0.2) is 0 Å². The molecule has 0 amide bonds. The van der Waals surface area contributed by atoms with Crippen LogP contribution in [0.15, 0.2) is 48.5 Å². The minimum absolute atomic E-state index is 0.0489. The number of hydrogen-bond acceptors (Lipinski definition) is 3. The van der Waals surface area contributed by atoms with Gasteiger partial charge >= 0.3 is 6.36 Å². The molecule has 3 atom stereocenters. The van der Waals surface area contributed by atoms with Gasteiger partial charge in [-0.2, -0.15) is 0 Å². The number of rotatable bonds is 4. The van der Waals surface area contributed by atoms with Crippen molar-refractivity contribution in [3.05, 3.63) is 65.2 Å². The molecule has 0 aromatic heterocycles. The first-order valence-corrected chi connectivity index (χ1v) is 10.2. The van der Waals surface area contributed by atoms with Crippen LogP contribution in [-0.4, -0.2) is 25.1 Å². The zero-order chi connectivity index (χ0) is 20.5. The Hall–Kier alpha value is -2.05. The number of benzene rings is 2. The van der Waals surface area contributed by atoms with Crippen molar-refractivity contribution in [1.29, 1.82) is 0 Å². The van der Waals surface area contributed by atoms with Crippen molar-refractivity contribution in [1.82, 2.24) is 5.32 Å². The molecular formula is C23H26F3NO2. The maximum absolute atomic E-state index is 12.7. The molecule has 29 heavy (non-hydrogen) atoms. The molecule has 3 nitrogen and oxygen atoms in total. The molecule has 0 bridgehead atoms. The third kappa shape index (κ3) is 4.28. The summed E-state index contributed by atoms with van der Waals surface area (Å²) < 4.78 is 48.7. The summed E-state index contributed by atoms with van der Waals surface area (Å²) in [4.78, 5) is 0. The molecule has 2 aromatic rings. The van der Waals surface area contributed by atoms with Crippen LogP contribution in [0.1, 0.15) is 54.8 Å². The predicted molar refractivity (Wildman–Crippen MR) is 105 cm³/mol. The van der Waals surface area contributed by atoms with Crippen molar-refractivity contribution in [2.24, 2.45) is 0 Å². The molecule has 2 heterocycles. The van der Waals surface area contributed by atoms with Gasteiger partial charge in [-0.25, -0.2) is 0 Å². The summed E-state index contributed by atoms with van der Waals surface area (Å²) in [6.45, 7) is 3.46. The van der Waals surface area contributed by atoms with E-state index >= 15 is 0 Å². The minimum atomic E-state index is -4.69. The summed E-state index contributed by atoms with van der Waals surface area (Å²) in [6, 6.07) is 15.0. The van der Waals surface area contributed by atoms with E-state index in [0.29, 0.717) is 6.61 Å². The first-order chi connectivity index (χ1) is 13.9. The van der Waals surface area contributed by atoms with E-state index in [1.807, 2.05) is 25.1 Å². The first kappa shape index (κ1) is 20.2. The first-order valence-electron chi connectivity index (χ1n) is 10.2. The SMILES string of the molecule is CCc1ccc(OC(F)(F)F)cc1[C@H]1CO[C@]2(CCCN[C@H]2c2ccccc2)C1. The summed E-state index contributed by atoms with van der Waals surface area (Å²) >= 11 is 0. The van der Waals surface area contributed by atoms with E-state index in [0.717, 1.165) is 43.4 Å².